The summed E-state index contributed by atoms with van der Waals surface area (Å²) in [7, 11) is 0. The lowest BCUT2D eigenvalue weighted by atomic mass is 9.81. The van der Waals surface area contributed by atoms with Gasteiger partial charge in [-0.05, 0) is 63.1 Å². The number of aromatic nitrogens is 1. The van der Waals surface area contributed by atoms with Gasteiger partial charge in [0.15, 0.2) is 0 Å². The van der Waals surface area contributed by atoms with E-state index in [1.54, 1.807) is 44.4 Å². The molecule has 33 heavy (non-hydrogen) atoms. The van der Waals surface area contributed by atoms with Crippen LogP contribution in [0.3, 0.4) is 0 Å². The number of carbonyl (C=O) groups is 1. The summed E-state index contributed by atoms with van der Waals surface area (Å²) in [6, 6.07) is 10.9. The first kappa shape index (κ1) is 25.1. The van der Waals surface area contributed by atoms with E-state index in [9.17, 15) is 18.0 Å². The van der Waals surface area contributed by atoms with E-state index in [4.69, 9.17) is 9.15 Å². The number of ether oxygens (including phenoxy) is 1. The Labute approximate surface area is 195 Å². The Morgan fingerprint density at radius 1 is 1.15 bits per heavy atom. The second-order valence-corrected chi connectivity index (χ2v) is 10.4. The third-order valence-electron chi connectivity index (χ3n) is 6.17. The third-order valence-corrected chi connectivity index (χ3v) is 7.54. The fourth-order valence-electron chi connectivity index (χ4n) is 2.85. The molecular formula is C25H28F3NO3S. The van der Waals surface area contributed by atoms with Crippen LogP contribution in [0.1, 0.15) is 34.6 Å². The topological polar surface area (TPSA) is 52.3 Å². The zero-order chi connectivity index (χ0) is 24.4. The maximum atomic E-state index is 13.9. The first-order valence-electron chi connectivity index (χ1n) is 10.6. The largest absolute Gasteiger partial charge is 0.464 e. The molecule has 0 saturated heterocycles. The van der Waals surface area contributed by atoms with E-state index in [0.717, 1.165) is 29.6 Å². The first-order valence-corrected chi connectivity index (χ1v) is 11.6. The van der Waals surface area contributed by atoms with Crippen molar-refractivity contribution in [3.05, 3.63) is 48.8 Å². The van der Waals surface area contributed by atoms with Crippen molar-refractivity contribution < 1.29 is 27.1 Å². The van der Waals surface area contributed by atoms with Gasteiger partial charge in [0.2, 0.25) is 0 Å². The summed E-state index contributed by atoms with van der Waals surface area (Å²) in [5.74, 6) is -0.348. The van der Waals surface area contributed by atoms with Crippen LogP contribution in [-0.2, 0) is 9.53 Å². The van der Waals surface area contributed by atoms with Crippen molar-refractivity contribution in [2.24, 2.45) is 16.7 Å². The van der Waals surface area contributed by atoms with Gasteiger partial charge in [0.05, 0.1) is 5.41 Å². The number of hydrogen-bond donors (Lipinski definition) is 0. The predicted molar refractivity (Wildman–Crippen MR) is 124 cm³/mol. The van der Waals surface area contributed by atoms with E-state index in [1.807, 2.05) is 32.0 Å². The number of fused-ring (bicyclic) bond motifs is 1. The molecular weight excluding hydrogens is 451 g/mol. The van der Waals surface area contributed by atoms with Crippen molar-refractivity contribution in [2.45, 2.75) is 45.7 Å². The number of thioether (sulfide) groups is 1. The van der Waals surface area contributed by atoms with E-state index < -0.39 is 29.6 Å². The molecule has 1 atom stereocenters. The van der Waals surface area contributed by atoms with Gasteiger partial charge in [0.25, 0.3) is 0 Å². The summed E-state index contributed by atoms with van der Waals surface area (Å²) >= 11 is 1.06. The van der Waals surface area contributed by atoms with Crippen LogP contribution in [0.2, 0.25) is 0 Å². The third kappa shape index (κ3) is 5.54. The smallest absolute Gasteiger partial charge is 0.398 e. The van der Waals surface area contributed by atoms with Crippen molar-refractivity contribution in [3.63, 3.8) is 0 Å². The molecule has 2 heterocycles. The Bertz CT molecular complexity index is 1110. The minimum atomic E-state index is -4.54. The predicted octanol–water partition coefficient (Wildman–Crippen LogP) is 7.38. The van der Waals surface area contributed by atoms with Crippen LogP contribution >= 0.6 is 11.8 Å². The number of carbonyl (C=O) groups excluding carboxylic acids is 1. The number of hydrogen-bond acceptors (Lipinski definition) is 5. The molecule has 4 nitrogen and oxygen atoms in total. The molecule has 0 radical (unpaired) electrons. The summed E-state index contributed by atoms with van der Waals surface area (Å²) in [6.07, 6.45) is -1.19. The highest BCUT2D eigenvalue weighted by Crippen LogP contribution is 2.43. The Hall–Kier alpha value is -2.48. The van der Waals surface area contributed by atoms with Gasteiger partial charge in [-0.15, -0.1) is 11.8 Å². The molecule has 1 aromatic carbocycles. The molecule has 0 aliphatic carbocycles. The average Bonchev–Trinajstić information content (AvgIpc) is 3.19. The molecule has 0 bridgehead atoms. The van der Waals surface area contributed by atoms with Crippen LogP contribution in [0.5, 0.6) is 0 Å². The lowest BCUT2D eigenvalue weighted by molar-refractivity contribution is -0.226. The van der Waals surface area contributed by atoms with E-state index in [-0.39, 0.29) is 11.7 Å². The molecule has 3 rings (SSSR count). The molecule has 2 aromatic heterocycles. The van der Waals surface area contributed by atoms with Crippen LogP contribution in [0.4, 0.5) is 13.2 Å². The second kappa shape index (κ2) is 9.41. The van der Waals surface area contributed by atoms with Gasteiger partial charge in [-0.1, -0.05) is 13.8 Å². The van der Waals surface area contributed by atoms with Crippen molar-refractivity contribution in [2.75, 3.05) is 12.4 Å². The molecule has 8 heteroatoms. The molecule has 0 aliphatic rings. The average molecular weight is 480 g/mol. The van der Waals surface area contributed by atoms with Crippen molar-refractivity contribution in [1.82, 2.24) is 4.98 Å². The molecule has 0 spiro atoms. The molecule has 1 unspecified atom stereocenters. The highest BCUT2D eigenvalue weighted by atomic mass is 32.2. The van der Waals surface area contributed by atoms with Gasteiger partial charge in [-0.3, -0.25) is 9.78 Å². The standard InChI is InChI=1S/C25H28F3NO3S/c1-16(2)23(3,4)22(30)31-14-24(5,25(26,27)28)15-33-19-9-8-17-11-20(32-21(17)12-19)18-7-6-10-29-13-18/h6-13,16H,14-15H2,1-5H3. The minimum absolute atomic E-state index is 0.0619. The zero-order valence-electron chi connectivity index (χ0n) is 19.3. The number of alkyl halides is 3. The summed E-state index contributed by atoms with van der Waals surface area (Å²) in [4.78, 5) is 17.1. The molecule has 0 amide bonds. The lowest BCUT2D eigenvalue weighted by Gasteiger charge is -2.33. The van der Waals surface area contributed by atoms with Crippen LogP contribution in [0.25, 0.3) is 22.3 Å². The Morgan fingerprint density at radius 2 is 1.88 bits per heavy atom. The lowest BCUT2D eigenvalue weighted by Crippen LogP contribution is -2.44. The monoisotopic (exact) mass is 479 g/mol. The van der Waals surface area contributed by atoms with Crippen LogP contribution in [0.15, 0.2) is 58.1 Å². The number of halogens is 3. The molecule has 0 N–H and O–H groups in total. The molecule has 178 valence electrons. The molecule has 0 saturated carbocycles. The minimum Gasteiger partial charge on any atom is -0.464 e. The summed E-state index contributed by atoms with van der Waals surface area (Å²) in [6.45, 7) is 7.39. The van der Waals surface area contributed by atoms with Crippen molar-refractivity contribution >= 4 is 28.7 Å². The number of furan rings is 1. The summed E-state index contributed by atoms with van der Waals surface area (Å²) < 4.78 is 52.8. The normalized spacial score (nSPS) is 14.5. The Morgan fingerprint density at radius 3 is 2.48 bits per heavy atom. The second-order valence-electron chi connectivity index (χ2n) is 9.35. The first-order chi connectivity index (χ1) is 15.3. The Balaban J connectivity index is 1.74. The van der Waals surface area contributed by atoms with Crippen LogP contribution < -0.4 is 0 Å². The van der Waals surface area contributed by atoms with Crippen LogP contribution in [0, 0.1) is 16.7 Å². The quantitative estimate of drug-likeness (QED) is 0.249. The fourth-order valence-corrected chi connectivity index (χ4v) is 3.93. The van der Waals surface area contributed by atoms with E-state index >= 15 is 0 Å². The Kier molecular flexibility index (Phi) is 7.17. The van der Waals surface area contributed by atoms with Gasteiger partial charge >= 0.3 is 12.1 Å². The van der Waals surface area contributed by atoms with Crippen molar-refractivity contribution in [3.8, 4) is 11.3 Å². The molecule has 3 aromatic rings. The van der Waals surface area contributed by atoms with Gasteiger partial charge in [0, 0.05) is 34.0 Å². The van der Waals surface area contributed by atoms with E-state index in [1.165, 1.54) is 0 Å². The maximum Gasteiger partial charge on any atom is 0.398 e. The number of pyridine rings is 1. The number of nitrogens with zero attached hydrogens (tertiary/aromatic N) is 1. The summed E-state index contributed by atoms with van der Waals surface area (Å²) in [5.41, 5.74) is -1.66. The van der Waals surface area contributed by atoms with E-state index in [0.29, 0.717) is 16.2 Å². The number of rotatable bonds is 8. The SMILES string of the molecule is CC(C)C(C)(C)C(=O)OCC(C)(CSc1ccc2cc(-c3cccnc3)oc2c1)C(F)(F)F. The highest BCUT2D eigenvalue weighted by molar-refractivity contribution is 7.99. The number of esters is 1. The maximum absolute atomic E-state index is 13.9. The van der Waals surface area contributed by atoms with Crippen molar-refractivity contribution in [1.29, 1.82) is 0 Å². The van der Waals surface area contributed by atoms with Gasteiger partial charge < -0.3 is 9.15 Å². The zero-order valence-corrected chi connectivity index (χ0v) is 20.1. The highest BCUT2D eigenvalue weighted by Gasteiger charge is 2.52. The van der Waals surface area contributed by atoms with Gasteiger partial charge in [0.1, 0.15) is 23.4 Å². The fraction of sp³-hybridized carbons (Fsp3) is 0.440. The van der Waals surface area contributed by atoms with Gasteiger partial charge in [-0.2, -0.15) is 13.2 Å². The summed E-state index contributed by atoms with van der Waals surface area (Å²) in [5, 5.41) is 0.849. The molecule has 0 aliphatic heterocycles. The molecule has 0 fully saturated rings. The van der Waals surface area contributed by atoms with E-state index in [2.05, 4.69) is 4.98 Å². The number of benzene rings is 1. The van der Waals surface area contributed by atoms with Crippen LogP contribution in [-0.4, -0.2) is 29.5 Å². The van der Waals surface area contributed by atoms with Gasteiger partial charge in [-0.25, -0.2) is 0 Å².